The van der Waals surface area contributed by atoms with Crippen molar-refractivity contribution in [1.29, 1.82) is 0 Å². The van der Waals surface area contributed by atoms with Crippen molar-refractivity contribution in [1.82, 2.24) is 14.8 Å². The third-order valence-electron chi connectivity index (χ3n) is 5.00. The van der Waals surface area contributed by atoms with E-state index in [1.54, 1.807) is 55.4 Å². The standard InChI is InChI=1S/C22H22N4O4S2/c1-3-32(28,29)20-8-5-4-7-17(20)21(27)26(14-13-25-12-6-11-23-25)22-24-18-10-9-16(30-2)15-19(18)31-22/h4-12,15H,3,13-14H2,1-2H3. The lowest BCUT2D eigenvalue weighted by molar-refractivity contribution is 0.0982. The molecule has 0 aliphatic carbocycles. The second-order valence-corrected chi connectivity index (χ2v) is 10.2. The van der Waals surface area contributed by atoms with E-state index in [4.69, 9.17) is 4.74 Å². The van der Waals surface area contributed by atoms with Crippen LogP contribution in [-0.4, -0.2) is 48.5 Å². The molecule has 0 saturated heterocycles. The maximum Gasteiger partial charge on any atom is 0.261 e. The number of carbonyl (C=O) groups is 1. The van der Waals surface area contributed by atoms with Crippen LogP contribution in [0.25, 0.3) is 10.2 Å². The number of carbonyl (C=O) groups excluding carboxylic acids is 1. The number of sulfone groups is 1. The van der Waals surface area contributed by atoms with Gasteiger partial charge in [-0.1, -0.05) is 30.4 Å². The Morgan fingerprint density at radius 3 is 2.72 bits per heavy atom. The highest BCUT2D eigenvalue weighted by molar-refractivity contribution is 7.91. The third kappa shape index (κ3) is 4.37. The summed E-state index contributed by atoms with van der Waals surface area (Å²) >= 11 is 1.35. The van der Waals surface area contributed by atoms with Crippen LogP contribution in [-0.2, 0) is 16.4 Å². The Bertz CT molecular complexity index is 1350. The van der Waals surface area contributed by atoms with E-state index in [2.05, 4.69) is 10.1 Å². The predicted molar refractivity (Wildman–Crippen MR) is 124 cm³/mol. The number of amides is 1. The Labute approximate surface area is 190 Å². The van der Waals surface area contributed by atoms with Crippen molar-refractivity contribution in [3.63, 3.8) is 0 Å². The summed E-state index contributed by atoms with van der Waals surface area (Å²) in [5.74, 6) is 0.184. The molecule has 0 spiro atoms. The first-order chi connectivity index (χ1) is 15.4. The Balaban J connectivity index is 1.77. The van der Waals surface area contributed by atoms with E-state index in [0.29, 0.717) is 17.4 Å². The van der Waals surface area contributed by atoms with Crippen LogP contribution >= 0.6 is 11.3 Å². The molecular weight excluding hydrogens is 448 g/mol. The van der Waals surface area contributed by atoms with Gasteiger partial charge in [0.1, 0.15) is 5.75 Å². The van der Waals surface area contributed by atoms with Crippen LogP contribution in [0.3, 0.4) is 0 Å². The number of hydrogen-bond acceptors (Lipinski definition) is 7. The highest BCUT2D eigenvalue weighted by atomic mass is 32.2. The monoisotopic (exact) mass is 470 g/mol. The number of thiazole rings is 1. The topological polar surface area (TPSA) is 94.4 Å². The number of rotatable bonds is 8. The Hall–Kier alpha value is -3.24. The smallest absolute Gasteiger partial charge is 0.261 e. The van der Waals surface area contributed by atoms with Crippen molar-refractivity contribution < 1.29 is 17.9 Å². The van der Waals surface area contributed by atoms with E-state index < -0.39 is 15.7 Å². The van der Waals surface area contributed by atoms with Gasteiger partial charge in [-0.05, 0) is 36.4 Å². The van der Waals surface area contributed by atoms with Crippen LogP contribution in [0, 0.1) is 0 Å². The highest BCUT2D eigenvalue weighted by Gasteiger charge is 2.27. The largest absolute Gasteiger partial charge is 0.497 e. The number of nitrogens with zero attached hydrogens (tertiary/aromatic N) is 4. The summed E-state index contributed by atoms with van der Waals surface area (Å²) in [7, 11) is -1.99. The second-order valence-electron chi connectivity index (χ2n) is 6.96. The molecule has 10 heteroatoms. The fourth-order valence-corrected chi connectivity index (χ4v) is 5.38. The van der Waals surface area contributed by atoms with Crippen LogP contribution in [0.2, 0.25) is 0 Å². The van der Waals surface area contributed by atoms with E-state index in [1.807, 2.05) is 18.2 Å². The van der Waals surface area contributed by atoms with Crippen molar-refractivity contribution in [3.05, 3.63) is 66.5 Å². The van der Waals surface area contributed by atoms with Gasteiger partial charge < -0.3 is 4.74 Å². The lowest BCUT2D eigenvalue weighted by Crippen LogP contribution is -2.35. The Morgan fingerprint density at radius 2 is 2.00 bits per heavy atom. The van der Waals surface area contributed by atoms with E-state index in [9.17, 15) is 13.2 Å². The first-order valence-corrected chi connectivity index (χ1v) is 12.5. The molecule has 1 amide bonds. The summed E-state index contributed by atoms with van der Waals surface area (Å²) in [6.45, 7) is 2.27. The fraction of sp³-hybridized carbons (Fsp3) is 0.227. The van der Waals surface area contributed by atoms with Crippen molar-refractivity contribution in [3.8, 4) is 5.75 Å². The van der Waals surface area contributed by atoms with Crippen LogP contribution in [0.15, 0.2) is 65.8 Å². The quantitative estimate of drug-likeness (QED) is 0.390. The zero-order chi connectivity index (χ0) is 22.7. The van der Waals surface area contributed by atoms with Crippen molar-refractivity contribution in [2.45, 2.75) is 18.4 Å². The summed E-state index contributed by atoms with van der Waals surface area (Å²) in [5.41, 5.74) is 0.865. The summed E-state index contributed by atoms with van der Waals surface area (Å²) < 4.78 is 33.1. The molecule has 2 heterocycles. The fourth-order valence-electron chi connectivity index (χ4n) is 3.27. The molecule has 0 bridgehead atoms. The Morgan fingerprint density at radius 1 is 1.19 bits per heavy atom. The second kappa shape index (κ2) is 9.09. The molecule has 0 unspecified atom stereocenters. The minimum atomic E-state index is -3.58. The van der Waals surface area contributed by atoms with E-state index in [-0.39, 0.29) is 22.8 Å². The lowest BCUT2D eigenvalue weighted by Gasteiger charge is -2.21. The molecule has 4 aromatic rings. The number of ether oxygens (including phenoxy) is 1. The summed E-state index contributed by atoms with van der Waals surface area (Å²) in [5, 5.41) is 4.68. The molecule has 2 aromatic heterocycles. The van der Waals surface area contributed by atoms with Gasteiger partial charge in [0.25, 0.3) is 5.91 Å². The Kier molecular flexibility index (Phi) is 6.24. The number of aromatic nitrogens is 3. The van der Waals surface area contributed by atoms with Gasteiger partial charge in [0.2, 0.25) is 0 Å². The molecule has 0 aliphatic heterocycles. The number of anilines is 1. The molecule has 166 valence electrons. The minimum absolute atomic E-state index is 0.0272. The molecule has 0 fully saturated rings. The SMILES string of the molecule is CCS(=O)(=O)c1ccccc1C(=O)N(CCn1cccn1)c1nc2ccc(OC)cc2s1. The molecule has 32 heavy (non-hydrogen) atoms. The van der Waals surface area contributed by atoms with Crippen molar-refractivity contribution >= 4 is 42.4 Å². The summed E-state index contributed by atoms with van der Waals surface area (Å²) in [4.78, 5) is 19.8. The molecule has 4 rings (SSSR count). The molecule has 0 aliphatic rings. The van der Waals surface area contributed by atoms with Gasteiger partial charge >= 0.3 is 0 Å². The molecule has 2 aromatic carbocycles. The van der Waals surface area contributed by atoms with Crippen molar-refractivity contribution in [2.75, 3.05) is 24.3 Å². The molecule has 0 saturated carbocycles. The average Bonchev–Trinajstić information content (AvgIpc) is 3.48. The van der Waals surface area contributed by atoms with Gasteiger partial charge in [0, 0.05) is 18.9 Å². The highest BCUT2D eigenvalue weighted by Crippen LogP contribution is 2.33. The average molecular weight is 471 g/mol. The predicted octanol–water partition coefficient (Wildman–Crippen LogP) is 3.64. The zero-order valence-corrected chi connectivity index (χ0v) is 19.3. The van der Waals surface area contributed by atoms with Gasteiger partial charge in [-0.15, -0.1) is 0 Å². The van der Waals surface area contributed by atoms with Gasteiger partial charge in [0.05, 0.1) is 40.1 Å². The number of benzene rings is 2. The maximum absolute atomic E-state index is 13.7. The number of methoxy groups -OCH3 is 1. The molecule has 8 nitrogen and oxygen atoms in total. The molecule has 0 atom stereocenters. The lowest BCUT2D eigenvalue weighted by atomic mass is 10.2. The van der Waals surface area contributed by atoms with Crippen LogP contribution < -0.4 is 9.64 Å². The van der Waals surface area contributed by atoms with Gasteiger partial charge in [-0.2, -0.15) is 5.10 Å². The van der Waals surface area contributed by atoms with E-state index in [0.717, 1.165) is 10.2 Å². The normalized spacial score (nSPS) is 11.6. The molecular formula is C22H22N4O4S2. The first kappa shape index (κ1) is 22.0. The van der Waals surface area contributed by atoms with Gasteiger partial charge in [-0.25, -0.2) is 13.4 Å². The van der Waals surface area contributed by atoms with Gasteiger partial charge in [0.15, 0.2) is 15.0 Å². The maximum atomic E-state index is 13.7. The first-order valence-electron chi connectivity index (χ1n) is 9.98. The van der Waals surface area contributed by atoms with Crippen LogP contribution in [0.4, 0.5) is 5.13 Å². The number of fused-ring (bicyclic) bond motifs is 1. The minimum Gasteiger partial charge on any atom is -0.497 e. The molecule has 0 radical (unpaired) electrons. The number of hydrogen-bond donors (Lipinski definition) is 0. The zero-order valence-electron chi connectivity index (χ0n) is 17.6. The summed E-state index contributed by atoms with van der Waals surface area (Å²) in [6, 6.07) is 13.6. The molecule has 0 N–H and O–H groups in total. The van der Waals surface area contributed by atoms with Crippen molar-refractivity contribution in [2.24, 2.45) is 0 Å². The van der Waals surface area contributed by atoms with Crippen LogP contribution in [0.1, 0.15) is 17.3 Å². The van der Waals surface area contributed by atoms with Gasteiger partial charge in [-0.3, -0.25) is 14.4 Å². The van der Waals surface area contributed by atoms with E-state index >= 15 is 0 Å². The third-order valence-corrected chi connectivity index (χ3v) is 7.83. The van der Waals surface area contributed by atoms with Crippen LogP contribution in [0.5, 0.6) is 5.75 Å². The summed E-state index contributed by atoms with van der Waals surface area (Å²) in [6.07, 6.45) is 3.47. The van der Waals surface area contributed by atoms with E-state index in [1.165, 1.54) is 22.3 Å².